The number of hydrogen-bond acceptors (Lipinski definition) is 2. The molecule has 0 aliphatic heterocycles. The highest BCUT2D eigenvalue weighted by Gasteiger charge is 2.26. The predicted molar refractivity (Wildman–Crippen MR) is 324 cm³/mol. The monoisotopic (exact) mass is 970 g/mol. The molecule has 0 saturated heterocycles. The second kappa shape index (κ2) is 16.3. The highest BCUT2D eigenvalue weighted by Crippen LogP contribution is 2.55. The van der Waals surface area contributed by atoms with Crippen LogP contribution in [-0.4, -0.2) is 0 Å². The maximum atomic E-state index is 2.57. The Labute approximate surface area is 435 Å². The van der Waals surface area contributed by atoms with Gasteiger partial charge in [0.1, 0.15) is 0 Å². The Hall–Kier alpha value is -8.92. The summed E-state index contributed by atoms with van der Waals surface area (Å²) in [7, 11) is 0. The summed E-state index contributed by atoms with van der Waals surface area (Å²) in [4.78, 5) is 0. The van der Waals surface area contributed by atoms with Gasteiger partial charge in [-0.1, -0.05) is 218 Å². The van der Waals surface area contributed by atoms with Gasteiger partial charge >= 0.3 is 0 Å². The Morgan fingerprint density at radius 3 is 1.09 bits per heavy atom. The van der Waals surface area contributed by atoms with Crippen LogP contribution in [0.3, 0.4) is 0 Å². The van der Waals surface area contributed by atoms with E-state index in [1.807, 2.05) is 22.7 Å². The van der Waals surface area contributed by atoms with Crippen LogP contribution < -0.4 is 0 Å². The topological polar surface area (TPSA) is 0 Å². The van der Waals surface area contributed by atoms with Crippen LogP contribution in [0.4, 0.5) is 0 Å². The van der Waals surface area contributed by atoms with Crippen molar-refractivity contribution in [3.63, 3.8) is 0 Å². The van der Waals surface area contributed by atoms with E-state index in [9.17, 15) is 0 Å². The molecule has 2 heterocycles. The smallest absolute Gasteiger partial charge is 0.0440 e. The molecule has 342 valence electrons. The standard InChI is InChI=1S/C72H42S2/c1-2-20-44(21-3-1)64-50-25-6-10-29-54(50)67(55-30-11-7-26-51(55)64)60-41-49-42-61(72-70(59-34-15-17-36-63(59)74-72)66(49)69-58-33-14-16-35-62(58)73-71(60)69)68-56-31-12-8-27-52(56)65(53-28-9-13-32-57(53)68)48-24-18-23-46(40-48)47-38-37-43-19-4-5-22-45(43)39-47/h1-42H. The van der Waals surface area contributed by atoms with Crippen molar-refractivity contribution < 1.29 is 0 Å². The van der Waals surface area contributed by atoms with Gasteiger partial charge in [0.15, 0.2) is 0 Å². The summed E-state index contributed by atoms with van der Waals surface area (Å²) in [5.41, 5.74) is 12.6. The van der Waals surface area contributed by atoms with Crippen molar-refractivity contribution in [2.75, 3.05) is 0 Å². The summed E-state index contributed by atoms with van der Waals surface area (Å²) in [5.74, 6) is 0. The van der Waals surface area contributed by atoms with Crippen molar-refractivity contribution >= 4 is 128 Å². The van der Waals surface area contributed by atoms with Crippen LogP contribution in [0.5, 0.6) is 0 Å². The van der Waals surface area contributed by atoms with Gasteiger partial charge in [0.25, 0.3) is 0 Å². The van der Waals surface area contributed by atoms with E-state index in [2.05, 4.69) is 255 Å². The molecule has 0 aliphatic rings. The molecule has 16 aromatic rings. The fourth-order valence-electron chi connectivity index (χ4n) is 12.7. The normalized spacial score (nSPS) is 12.1. The first kappa shape index (κ1) is 41.7. The molecule has 0 saturated carbocycles. The lowest BCUT2D eigenvalue weighted by molar-refractivity contribution is 1.63. The predicted octanol–water partition coefficient (Wildman–Crippen LogP) is 21.7. The van der Waals surface area contributed by atoms with E-state index in [0.717, 1.165) is 0 Å². The van der Waals surface area contributed by atoms with E-state index in [4.69, 9.17) is 0 Å². The molecule has 0 bridgehead atoms. The molecule has 2 aromatic heterocycles. The van der Waals surface area contributed by atoms with Crippen LogP contribution in [0, 0.1) is 0 Å². The van der Waals surface area contributed by atoms with Gasteiger partial charge in [0.05, 0.1) is 0 Å². The molecule has 0 nitrogen and oxygen atoms in total. The zero-order valence-corrected chi connectivity index (χ0v) is 41.7. The zero-order valence-electron chi connectivity index (χ0n) is 40.1. The van der Waals surface area contributed by atoms with Crippen LogP contribution in [-0.2, 0) is 0 Å². The summed E-state index contributed by atoms with van der Waals surface area (Å²) in [6, 6.07) is 95.5. The lowest BCUT2D eigenvalue weighted by Crippen LogP contribution is -1.93. The molecule has 2 heteroatoms. The van der Waals surface area contributed by atoms with Crippen LogP contribution in [0.2, 0.25) is 0 Å². The third-order valence-corrected chi connectivity index (χ3v) is 18.2. The first-order valence-electron chi connectivity index (χ1n) is 25.5. The third kappa shape index (κ3) is 6.13. The van der Waals surface area contributed by atoms with Crippen molar-refractivity contribution in [1.29, 1.82) is 0 Å². The number of hydrogen-bond donors (Lipinski definition) is 0. The van der Waals surface area contributed by atoms with Crippen molar-refractivity contribution in [1.82, 2.24) is 0 Å². The lowest BCUT2D eigenvalue weighted by Gasteiger charge is -2.20. The van der Waals surface area contributed by atoms with E-state index in [1.54, 1.807) is 0 Å². The van der Waals surface area contributed by atoms with Crippen LogP contribution in [0.1, 0.15) is 0 Å². The maximum absolute atomic E-state index is 2.57. The molecule has 14 aromatic carbocycles. The number of benzene rings is 14. The van der Waals surface area contributed by atoms with Gasteiger partial charge < -0.3 is 0 Å². The highest BCUT2D eigenvalue weighted by molar-refractivity contribution is 7.27. The van der Waals surface area contributed by atoms with Gasteiger partial charge in [-0.25, -0.2) is 0 Å². The fourth-order valence-corrected chi connectivity index (χ4v) is 15.1. The fraction of sp³-hybridized carbons (Fsp3) is 0. The Bertz CT molecular complexity index is 4900. The van der Waals surface area contributed by atoms with Gasteiger partial charge in [-0.05, 0) is 140 Å². The average Bonchev–Trinajstić information content (AvgIpc) is 4.09. The minimum atomic E-state index is 1.21. The van der Waals surface area contributed by atoms with Crippen molar-refractivity contribution in [2.24, 2.45) is 0 Å². The van der Waals surface area contributed by atoms with Gasteiger partial charge in [0, 0.05) is 56.9 Å². The Kier molecular flexibility index (Phi) is 9.18. The summed E-state index contributed by atoms with van der Waals surface area (Å²) < 4.78 is 5.27. The Morgan fingerprint density at radius 1 is 0.203 bits per heavy atom. The van der Waals surface area contributed by atoms with Crippen LogP contribution in [0.25, 0.3) is 161 Å². The molecular formula is C72H42S2. The second-order valence-corrected chi connectivity index (χ2v) is 21.8. The summed E-state index contributed by atoms with van der Waals surface area (Å²) >= 11 is 3.88. The van der Waals surface area contributed by atoms with Gasteiger partial charge in [-0.15, -0.1) is 22.7 Å². The van der Waals surface area contributed by atoms with Crippen molar-refractivity contribution in [3.05, 3.63) is 255 Å². The Morgan fingerprint density at radius 2 is 0.581 bits per heavy atom. The van der Waals surface area contributed by atoms with Crippen molar-refractivity contribution in [2.45, 2.75) is 0 Å². The molecule has 0 aliphatic carbocycles. The van der Waals surface area contributed by atoms with E-state index >= 15 is 0 Å². The zero-order chi connectivity index (χ0) is 48.4. The summed E-state index contributed by atoms with van der Waals surface area (Å²) in [6.45, 7) is 0. The number of thiophene rings is 2. The molecule has 0 fully saturated rings. The first-order valence-corrected chi connectivity index (χ1v) is 27.1. The molecule has 16 rings (SSSR count). The van der Waals surface area contributed by atoms with Gasteiger partial charge in [0.2, 0.25) is 0 Å². The largest absolute Gasteiger partial charge is 0.135 e. The average molecular weight is 971 g/mol. The highest BCUT2D eigenvalue weighted by atomic mass is 32.1. The van der Waals surface area contributed by atoms with Gasteiger partial charge in [-0.3, -0.25) is 0 Å². The molecule has 0 N–H and O–H groups in total. The van der Waals surface area contributed by atoms with Crippen LogP contribution >= 0.6 is 22.7 Å². The first-order chi connectivity index (χ1) is 36.7. The third-order valence-electron chi connectivity index (χ3n) is 15.8. The minimum Gasteiger partial charge on any atom is -0.135 e. The molecule has 0 unspecified atom stereocenters. The molecule has 0 amide bonds. The van der Waals surface area contributed by atoms with E-state index < -0.39 is 0 Å². The van der Waals surface area contributed by atoms with Crippen molar-refractivity contribution in [3.8, 4) is 55.6 Å². The second-order valence-electron chi connectivity index (χ2n) is 19.7. The molecule has 0 radical (unpaired) electrons. The molecule has 74 heavy (non-hydrogen) atoms. The van der Waals surface area contributed by atoms with Crippen LogP contribution in [0.15, 0.2) is 255 Å². The van der Waals surface area contributed by atoms with Gasteiger partial charge in [-0.2, -0.15) is 0 Å². The SMILES string of the molecule is c1ccc(-c2c3ccccc3c(-c3cc4cc(-c5c6ccccc6c(-c6cccc(-c7ccc8ccccc8c7)c6)c6ccccc56)c5sc6ccccc6c5c4c4c3sc3ccccc34)c3ccccc23)cc1. The van der Waals surface area contributed by atoms with E-state index in [1.165, 1.54) is 161 Å². The molecule has 0 spiro atoms. The lowest BCUT2D eigenvalue weighted by atomic mass is 9.83. The number of rotatable bonds is 5. The van der Waals surface area contributed by atoms with E-state index in [0.29, 0.717) is 0 Å². The number of fused-ring (bicyclic) bond motifs is 14. The minimum absolute atomic E-state index is 1.21. The quantitative estimate of drug-likeness (QED) is 0.151. The maximum Gasteiger partial charge on any atom is 0.0440 e. The summed E-state index contributed by atoms with van der Waals surface area (Å²) in [5, 5.41) is 20.5. The van der Waals surface area contributed by atoms with E-state index in [-0.39, 0.29) is 0 Å². The Balaban J connectivity index is 1.04. The summed E-state index contributed by atoms with van der Waals surface area (Å²) in [6.07, 6.45) is 0. The molecule has 0 atom stereocenters. The molecular weight excluding hydrogens is 929 g/mol.